The first-order chi connectivity index (χ1) is 8.58. The Labute approximate surface area is 131 Å². The highest BCUT2D eigenvalue weighted by Crippen LogP contribution is 2.29. The number of anilines is 1. The molecule has 0 radical (unpaired) electrons. The normalized spacial score (nSPS) is 12.2. The highest BCUT2D eigenvalue weighted by molar-refractivity contribution is 14.1. The Bertz CT molecular complexity index is 557. The van der Waals surface area contributed by atoms with Crippen LogP contribution in [0.15, 0.2) is 42.5 Å². The van der Waals surface area contributed by atoms with Crippen molar-refractivity contribution in [1.29, 1.82) is 0 Å². The number of hydrogen-bond acceptors (Lipinski definition) is 1. The summed E-state index contributed by atoms with van der Waals surface area (Å²) >= 11 is 14.4. The summed E-state index contributed by atoms with van der Waals surface area (Å²) < 4.78 is 1.19. The van der Waals surface area contributed by atoms with Crippen LogP contribution in [0.1, 0.15) is 18.5 Å². The molecule has 0 bridgehead atoms. The maximum atomic E-state index is 6.20. The van der Waals surface area contributed by atoms with Gasteiger partial charge in [0, 0.05) is 19.3 Å². The van der Waals surface area contributed by atoms with Gasteiger partial charge in [-0.05, 0) is 59.3 Å². The van der Waals surface area contributed by atoms with Crippen LogP contribution in [0, 0.1) is 3.57 Å². The summed E-state index contributed by atoms with van der Waals surface area (Å²) in [5.41, 5.74) is 2.15. The van der Waals surface area contributed by atoms with Crippen molar-refractivity contribution in [2.45, 2.75) is 13.0 Å². The lowest BCUT2D eigenvalue weighted by Crippen LogP contribution is -2.08. The molecule has 1 N–H and O–H groups in total. The van der Waals surface area contributed by atoms with Crippen molar-refractivity contribution in [3.05, 3.63) is 61.6 Å². The Kier molecular flexibility index (Phi) is 4.76. The van der Waals surface area contributed by atoms with E-state index in [0.717, 1.165) is 11.3 Å². The van der Waals surface area contributed by atoms with E-state index >= 15 is 0 Å². The van der Waals surface area contributed by atoms with E-state index in [4.69, 9.17) is 23.2 Å². The van der Waals surface area contributed by atoms with E-state index in [1.807, 2.05) is 24.3 Å². The summed E-state index contributed by atoms with van der Waals surface area (Å²) in [5.74, 6) is 0. The van der Waals surface area contributed by atoms with Gasteiger partial charge in [0.2, 0.25) is 0 Å². The molecule has 18 heavy (non-hydrogen) atoms. The Morgan fingerprint density at radius 3 is 2.50 bits per heavy atom. The highest BCUT2D eigenvalue weighted by Gasteiger charge is 2.10. The van der Waals surface area contributed by atoms with Gasteiger partial charge in [0.25, 0.3) is 0 Å². The number of benzene rings is 2. The molecule has 2 aromatic carbocycles. The molecule has 0 aromatic heterocycles. The van der Waals surface area contributed by atoms with E-state index in [2.05, 4.69) is 47.0 Å². The highest BCUT2D eigenvalue weighted by atomic mass is 127. The summed E-state index contributed by atoms with van der Waals surface area (Å²) in [6.07, 6.45) is 0. The van der Waals surface area contributed by atoms with E-state index < -0.39 is 0 Å². The van der Waals surface area contributed by atoms with E-state index in [9.17, 15) is 0 Å². The SMILES string of the molecule is CC(Nc1ccccc1I)c1ccc(Cl)cc1Cl. The number of rotatable bonds is 3. The van der Waals surface area contributed by atoms with Crippen molar-refractivity contribution in [2.24, 2.45) is 0 Å². The fourth-order valence-electron chi connectivity index (χ4n) is 1.74. The molecular formula is C14H12Cl2IN. The van der Waals surface area contributed by atoms with Gasteiger partial charge in [-0.2, -0.15) is 0 Å². The molecule has 0 amide bonds. The van der Waals surface area contributed by atoms with E-state index in [1.165, 1.54) is 3.57 Å². The second-order valence-electron chi connectivity index (χ2n) is 4.01. The number of nitrogens with one attached hydrogen (secondary N) is 1. The summed E-state index contributed by atoms with van der Waals surface area (Å²) in [6.45, 7) is 2.08. The van der Waals surface area contributed by atoms with Crippen molar-refractivity contribution in [3.8, 4) is 0 Å². The summed E-state index contributed by atoms with van der Waals surface area (Å²) in [4.78, 5) is 0. The Hall–Kier alpha value is -0.450. The average Bonchev–Trinajstić information content (AvgIpc) is 2.32. The number of para-hydroxylation sites is 1. The van der Waals surface area contributed by atoms with Crippen molar-refractivity contribution < 1.29 is 0 Å². The third-order valence-corrected chi connectivity index (χ3v) is 4.18. The standard InChI is InChI=1S/C14H12Cl2IN/c1-9(11-7-6-10(15)8-12(11)16)18-14-5-3-2-4-13(14)17/h2-9,18H,1H3. The van der Waals surface area contributed by atoms with Crippen LogP contribution < -0.4 is 5.32 Å². The first-order valence-corrected chi connectivity index (χ1v) is 7.37. The molecule has 0 aliphatic heterocycles. The molecule has 0 saturated carbocycles. The van der Waals surface area contributed by atoms with Gasteiger partial charge >= 0.3 is 0 Å². The first kappa shape index (κ1) is 14.0. The van der Waals surface area contributed by atoms with Gasteiger partial charge in [0.15, 0.2) is 0 Å². The van der Waals surface area contributed by atoms with Crippen LogP contribution in [0.3, 0.4) is 0 Å². The Morgan fingerprint density at radius 2 is 1.83 bits per heavy atom. The summed E-state index contributed by atoms with van der Waals surface area (Å²) in [7, 11) is 0. The second kappa shape index (κ2) is 6.13. The van der Waals surface area contributed by atoms with E-state index in [-0.39, 0.29) is 6.04 Å². The fourth-order valence-corrected chi connectivity index (χ4v) is 2.86. The van der Waals surface area contributed by atoms with Gasteiger partial charge in [-0.25, -0.2) is 0 Å². The second-order valence-corrected chi connectivity index (χ2v) is 6.02. The van der Waals surface area contributed by atoms with Crippen LogP contribution in [0.5, 0.6) is 0 Å². The topological polar surface area (TPSA) is 12.0 Å². The monoisotopic (exact) mass is 391 g/mol. The molecule has 0 fully saturated rings. The minimum Gasteiger partial charge on any atom is -0.378 e. The molecule has 0 aliphatic rings. The molecule has 4 heteroatoms. The molecule has 2 aromatic rings. The smallest absolute Gasteiger partial charge is 0.0500 e. The van der Waals surface area contributed by atoms with Crippen LogP contribution >= 0.6 is 45.8 Å². The first-order valence-electron chi connectivity index (χ1n) is 5.54. The lowest BCUT2D eigenvalue weighted by atomic mass is 10.1. The van der Waals surface area contributed by atoms with Crippen LogP contribution in [-0.2, 0) is 0 Å². The van der Waals surface area contributed by atoms with Crippen LogP contribution in [-0.4, -0.2) is 0 Å². The Balaban J connectivity index is 2.22. The van der Waals surface area contributed by atoms with E-state index in [0.29, 0.717) is 10.0 Å². The van der Waals surface area contributed by atoms with Gasteiger partial charge in [-0.1, -0.05) is 41.4 Å². The molecule has 0 saturated heterocycles. The fraction of sp³-hybridized carbons (Fsp3) is 0.143. The third-order valence-electron chi connectivity index (χ3n) is 2.67. The number of hydrogen-bond donors (Lipinski definition) is 1. The average molecular weight is 392 g/mol. The van der Waals surface area contributed by atoms with Crippen molar-refractivity contribution >= 4 is 51.5 Å². The maximum Gasteiger partial charge on any atom is 0.0500 e. The molecule has 1 atom stereocenters. The predicted molar refractivity (Wildman–Crippen MR) is 87.7 cm³/mol. The van der Waals surface area contributed by atoms with Gasteiger partial charge < -0.3 is 5.32 Å². The van der Waals surface area contributed by atoms with Crippen molar-refractivity contribution in [1.82, 2.24) is 0 Å². The van der Waals surface area contributed by atoms with E-state index in [1.54, 1.807) is 6.07 Å². The quantitative estimate of drug-likeness (QED) is 0.654. The predicted octanol–water partition coefficient (Wildman–Crippen LogP) is 5.77. The summed E-state index contributed by atoms with van der Waals surface area (Å²) in [6, 6.07) is 13.9. The zero-order chi connectivity index (χ0) is 13.1. The van der Waals surface area contributed by atoms with Crippen molar-refractivity contribution in [3.63, 3.8) is 0 Å². The largest absolute Gasteiger partial charge is 0.378 e. The zero-order valence-electron chi connectivity index (χ0n) is 9.75. The molecule has 0 aliphatic carbocycles. The summed E-state index contributed by atoms with van der Waals surface area (Å²) in [5, 5.41) is 4.80. The molecule has 2 rings (SSSR count). The zero-order valence-corrected chi connectivity index (χ0v) is 13.4. The van der Waals surface area contributed by atoms with Crippen LogP contribution in [0.25, 0.3) is 0 Å². The molecule has 1 nitrogen and oxygen atoms in total. The molecule has 1 unspecified atom stereocenters. The minimum atomic E-state index is 0.130. The van der Waals surface area contributed by atoms with Gasteiger partial charge in [0.1, 0.15) is 0 Å². The third kappa shape index (κ3) is 3.31. The lowest BCUT2D eigenvalue weighted by Gasteiger charge is -2.18. The van der Waals surface area contributed by atoms with Crippen LogP contribution in [0.2, 0.25) is 10.0 Å². The minimum absolute atomic E-state index is 0.130. The van der Waals surface area contributed by atoms with Gasteiger partial charge in [0.05, 0.1) is 6.04 Å². The molecule has 0 heterocycles. The lowest BCUT2D eigenvalue weighted by molar-refractivity contribution is 0.884. The molecule has 0 spiro atoms. The Morgan fingerprint density at radius 1 is 1.11 bits per heavy atom. The van der Waals surface area contributed by atoms with Gasteiger partial charge in [-0.15, -0.1) is 0 Å². The van der Waals surface area contributed by atoms with Crippen molar-refractivity contribution in [2.75, 3.05) is 5.32 Å². The molecular weight excluding hydrogens is 380 g/mol. The molecule has 94 valence electrons. The number of halogens is 3. The maximum absolute atomic E-state index is 6.20. The van der Waals surface area contributed by atoms with Gasteiger partial charge in [-0.3, -0.25) is 0 Å². The van der Waals surface area contributed by atoms with Crippen LogP contribution in [0.4, 0.5) is 5.69 Å².